The van der Waals surface area contributed by atoms with Crippen molar-refractivity contribution in [3.63, 3.8) is 0 Å². The van der Waals surface area contributed by atoms with Crippen molar-refractivity contribution in [3.8, 4) is 0 Å². The third-order valence-electron chi connectivity index (χ3n) is 9.60. The molecule has 1 rings (SSSR count). The van der Waals surface area contributed by atoms with Crippen molar-refractivity contribution in [1.82, 2.24) is 0 Å². The maximum absolute atomic E-state index is 12.7. The molecular formula is C40H74O12S. The summed E-state index contributed by atoms with van der Waals surface area (Å²) in [5.74, 6) is -1.99. The molecule has 13 heteroatoms. The van der Waals surface area contributed by atoms with Gasteiger partial charge >= 0.3 is 11.9 Å². The average Bonchev–Trinajstić information content (AvgIpc) is 3.12. The highest BCUT2D eigenvalue weighted by Crippen LogP contribution is 2.24. The van der Waals surface area contributed by atoms with Gasteiger partial charge in [-0.15, -0.1) is 0 Å². The number of hydrogen-bond donors (Lipinski definition) is 4. The van der Waals surface area contributed by atoms with Gasteiger partial charge in [-0.3, -0.25) is 14.1 Å². The van der Waals surface area contributed by atoms with Crippen molar-refractivity contribution < 1.29 is 56.8 Å². The van der Waals surface area contributed by atoms with E-state index in [0.717, 1.165) is 57.8 Å². The summed E-state index contributed by atoms with van der Waals surface area (Å²) in [6.45, 7) is 3.72. The van der Waals surface area contributed by atoms with E-state index < -0.39 is 71.2 Å². The maximum atomic E-state index is 12.7. The number of carbonyl (C=O) groups is 2. The van der Waals surface area contributed by atoms with Crippen LogP contribution in [0, 0.1) is 0 Å². The fourth-order valence-corrected chi connectivity index (χ4v) is 7.01. The lowest BCUT2D eigenvalue weighted by atomic mass is 10.00. The standard InChI is InChI=1S/C40H74O12S/c1-3-5-7-9-11-13-15-16-17-18-19-21-23-25-27-29-36(42)51-33(30-49-35(41)28-26-24-22-20-14-12-10-8-6-4-2)31-50-40-39(45)38(44)37(43)34(52-40)32-53(46,47)48/h16-17,33-34,37-40,43-45H,3-15,18-32H2,1-2H3,(H,46,47,48)/b17-16+/t33-,34-,37-,38?,39?,40+/m1/s1. The Hall–Kier alpha value is -1.61. The van der Waals surface area contributed by atoms with Crippen molar-refractivity contribution in [1.29, 1.82) is 0 Å². The smallest absolute Gasteiger partial charge is 0.306 e. The van der Waals surface area contributed by atoms with Crippen LogP contribution in [0.3, 0.4) is 0 Å². The summed E-state index contributed by atoms with van der Waals surface area (Å²) < 4.78 is 53.8. The summed E-state index contributed by atoms with van der Waals surface area (Å²) in [6.07, 6.45) is 21.3. The molecule has 0 bridgehead atoms. The lowest BCUT2D eigenvalue weighted by molar-refractivity contribution is -0.297. The van der Waals surface area contributed by atoms with Crippen LogP contribution in [-0.2, 0) is 38.7 Å². The van der Waals surface area contributed by atoms with Crippen LogP contribution in [0.4, 0.5) is 0 Å². The van der Waals surface area contributed by atoms with Crippen LogP contribution in [-0.4, -0.2) is 96.0 Å². The van der Waals surface area contributed by atoms with E-state index in [1.54, 1.807) is 0 Å². The van der Waals surface area contributed by atoms with E-state index in [-0.39, 0.29) is 19.4 Å². The zero-order valence-electron chi connectivity index (χ0n) is 32.9. The summed E-state index contributed by atoms with van der Waals surface area (Å²) in [5, 5.41) is 30.8. The Labute approximate surface area is 320 Å². The molecule has 6 atom stereocenters. The van der Waals surface area contributed by atoms with Crippen LogP contribution < -0.4 is 0 Å². The number of aliphatic hydroxyl groups excluding tert-OH is 3. The van der Waals surface area contributed by atoms with Crippen LogP contribution >= 0.6 is 0 Å². The molecule has 0 spiro atoms. The van der Waals surface area contributed by atoms with Crippen molar-refractivity contribution in [2.45, 2.75) is 211 Å². The zero-order valence-corrected chi connectivity index (χ0v) is 33.7. The SMILES string of the molecule is CCCCCCCC/C=C/CCCCCCCC(=O)O[C@H](COC(=O)CCCCCCCCCCCC)CO[C@H]1O[C@H](CS(=O)(=O)O)[C@@H](O)C(O)C1O. The molecule has 1 aliphatic rings. The molecule has 1 saturated heterocycles. The summed E-state index contributed by atoms with van der Waals surface area (Å²) >= 11 is 0. The molecule has 0 aromatic heterocycles. The molecule has 0 aromatic carbocycles. The molecule has 12 nitrogen and oxygen atoms in total. The van der Waals surface area contributed by atoms with Gasteiger partial charge in [0.15, 0.2) is 12.4 Å². The number of esters is 2. The Bertz CT molecular complexity index is 1050. The molecule has 1 fully saturated rings. The van der Waals surface area contributed by atoms with Crippen molar-refractivity contribution in [2.75, 3.05) is 19.0 Å². The van der Waals surface area contributed by atoms with Gasteiger partial charge in [0.1, 0.15) is 36.8 Å². The van der Waals surface area contributed by atoms with E-state index >= 15 is 0 Å². The Morgan fingerprint density at radius 2 is 1.08 bits per heavy atom. The van der Waals surface area contributed by atoms with Gasteiger partial charge in [-0.1, -0.05) is 135 Å². The summed E-state index contributed by atoms with van der Waals surface area (Å²) in [5.41, 5.74) is 0. The fourth-order valence-electron chi connectivity index (χ4n) is 6.32. The molecule has 2 unspecified atom stereocenters. The lowest BCUT2D eigenvalue weighted by Crippen LogP contribution is -2.60. The van der Waals surface area contributed by atoms with Gasteiger partial charge in [0.2, 0.25) is 0 Å². The second kappa shape index (κ2) is 31.6. The number of ether oxygens (including phenoxy) is 4. The van der Waals surface area contributed by atoms with Gasteiger partial charge < -0.3 is 34.3 Å². The molecule has 53 heavy (non-hydrogen) atoms. The first kappa shape index (κ1) is 49.4. The molecule has 4 N–H and O–H groups in total. The Morgan fingerprint density at radius 1 is 0.623 bits per heavy atom. The molecule has 0 saturated carbocycles. The fraction of sp³-hybridized carbons (Fsp3) is 0.900. The van der Waals surface area contributed by atoms with Crippen LogP contribution in [0.2, 0.25) is 0 Å². The van der Waals surface area contributed by atoms with Gasteiger partial charge in [0.25, 0.3) is 10.1 Å². The van der Waals surface area contributed by atoms with Crippen molar-refractivity contribution in [3.05, 3.63) is 12.2 Å². The number of carbonyl (C=O) groups excluding carboxylic acids is 2. The van der Waals surface area contributed by atoms with Crippen LogP contribution in [0.25, 0.3) is 0 Å². The minimum absolute atomic E-state index is 0.158. The first-order chi connectivity index (χ1) is 25.5. The molecule has 1 heterocycles. The number of hydrogen-bond acceptors (Lipinski definition) is 11. The average molecular weight is 779 g/mol. The second-order valence-electron chi connectivity index (χ2n) is 14.7. The van der Waals surface area contributed by atoms with Gasteiger partial charge in [0.05, 0.1) is 6.61 Å². The van der Waals surface area contributed by atoms with Crippen molar-refractivity contribution >= 4 is 22.1 Å². The van der Waals surface area contributed by atoms with Gasteiger partial charge in [0, 0.05) is 12.8 Å². The van der Waals surface area contributed by atoms with Crippen molar-refractivity contribution in [2.24, 2.45) is 0 Å². The quantitative estimate of drug-likeness (QED) is 0.0219. The number of aliphatic hydroxyl groups is 3. The van der Waals surface area contributed by atoms with Crippen LogP contribution in [0.15, 0.2) is 12.2 Å². The lowest BCUT2D eigenvalue weighted by Gasteiger charge is -2.40. The van der Waals surface area contributed by atoms with E-state index in [4.69, 9.17) is 18.9 Å². The highest BCUT2D eigenvalue weighted by atomic mass is 32.2. The molecule has 1 aliphatic heterocycles. The minimum Gasteiger partial charge on any atom is -0.462 e. The molecule has 312 valence electrons. The van der Waals surface area contributed by atoms with E-state index in [9.17, 15) is 37.9 Å². The summed E-state index contributed by atoms with van der Waals surface area (Å²) in [4.78, 5) is 25.2. The third kappa shape index (κ3) is 26.8. The number of allylic oxidation sites excluding steroid dienone is 2. The first-order valence-electron chi connectivity index (χ1n) is 20.7. The summed E-state index contributed by atoms with van der Waals surface area (Å²) in [7, 11) is -4.59. The zero-order chi connectivity index (χ0) is 39.2. The highest BCUT2D eigenvalue weighted by molar-refractivity contribution is 7.85. The Morgan fingerprint density at radius 3 is 1.57 bits per heavy atom. The van der Waals surface area contributed by atoms with E-state index in [1.165, 1.54) is 77.0 Å². The Balaban J connectivity index is 2.49. The van der Waals surface area contributed by atoms with E-state index in [0.29, 0.717) is 12.8 Å². The number of rotatable bonds is 34. The second-order valence-corrected chi connectivity index (χ2v) is 16.2. The van der Waals surface area contributed by atoms with Gasteiger partial charge in [-0.25, -0.2) is 0 Å². The molecular weight excluding hydrogens is 704 g/mol. The van der Waals surface area contributed by atoms with E-state index in [2.05, 4.69) is 26.0 Å². The van der Waals surface area contributed by atoms with Crippen LogP contribution in [0.5, 0.6) is 0 Å². The highest BCUT2D eigenvalue weighted by Gasteiger charge is 2.46. The minimum atomic E-state index is -4.59. The monoisotopic (exact) mass is 778 g/mol. The van der Waals surface area contributed by atoms with E-state index in [1.807, 2.05) is 0 Å². The number of unbranched alkanes of at least 4 members (excludes halogenated alkanes) is 20. The maximum Gasteiger partial charge on any atom is 0.306 e. The predicted octanol–water partition coefficient (Wildman–Crippen LogP) is 7.50. The molecule has 0 aliphatic carbocycles. The molecule has 0 radical (unpaired) electrons. The largest absolute Gasteiger partial charge is 0.462 e. The summed E-state index contributed by atoms with van der Waals surface area (Å²) in [6, 6.07) is 0. The normalized spacial score (nSPS) is 21.2. The topological polar surface area (TPSA) is 186 Å². The predicted molar refractivity (Wildman–Crippen MR) is 206 cm³/mol. The third-order valence-corrected chi connectivity index (χ3v) is 10.3. The first-order valence-corrected chi connectivity index (χ1v) is 22.4. The van der Waals surface area contributed by atoms with Gasteiger partial charge in [-0.2, -0.15) is 8.42 Å². The molecule has 0 amide bonds. The van der Waals surface area contributed by atoms with Gasteiger partial charge in [-0.05, 0) is 38.5 Å². The molecule has 0 aromatic rings. The van der Waals surface area contributed by atoms with Crippen LogP contribution in [0.1, 0.15) is 174 Å². The Kier molecular flexibility index (Phi) is 29.4.